The monoisotopic (exact) mass is 297 g/mol. The highest BCUT2D eigenvalue weighted by Gasteiger charge is 2.27. The Kier molecular flexibility index (Phi) is 4.05. The number of hydrogen-bond acceptors (Lipinski definition) is 5. The molecular formula is C16H15N3O3. The Hall–Kier alpha value is -2.81. The Morgan fingerprint density at radius 1 is 1.50 bits per heavy atom. The van der Waals surface area contributed by atoms with Gasteiger partial charge >= 0.3 is 0 Å². The Morgan fingerprint density at radius 2 is 2.41 bits per heavy atom. The van der Waals surface area contributed by atoms with Gasteiger partial charge in [-0.3, -0.25) is 4.79 Å². The number of piperidine rings is 1. The molecule has 1 amide bonds. The van der Waals surface area contributed by atoms with Crippen molar-refractivity contribution in [2.45, 2.75) is 18.9 Å². The molecule has 6 heteroatoms. The highest BCUT2D eigenvalue weighted by molar-refractivity contribution is 5.91. The lowest BCUT2D eigenvalue weighted by Gasteiger charge is -2.32. The van der Waals surface area contributed by atoms with Crippen LogP contribution in [0.1, 0.15) is 29.0 Å². The van der Waals surface area contributed by atoms with Crippen molar-refractivity contribution in [1.82, 2.24) is 9.88 Å². The normalized spacial score (nSPS) is 17.8. The number of likely N-dealkylation sites (tertiary alicyclic amines) is 1. The number of carbonyl (C=O) groups is 1. The molecule has 2 aromatic heterocycles. The third-order valence-electron chi connectivity index (χ3n) is 3.55. The Balaban J connectivity index is 1.65. The number of carbonyl (C=O) groups excluding carboxylic acids is 1. The maximum Gasteiger partial charge on any atom is 0.289 e. The zero-order valence-electron chi connectivity index (χ0n) is 11.9. The zero-order valence-corrected chi connectivity index (χ0v) is 11.9. The average Bonchev–Trinajstić information content (AvgIpc) is 3.09. The Bertz CT molecular complexity index is 691. The van der Waals surface area contributed by atoms with Crippen LogP contribution in [-0.4, -0.2) is 35.0 Å². The number of nitrogens with zero attached hydrogens (tertiary/aromatic N) is 3. The van der Waals surface area contributed by atoms with Crippen molar-refractivity contribution >= 4 is 5.91 Å². The molecule has 3 heterocycles. The van der Waals surface area contributed by atoms with Crippen molar-refractivity contribution in [2.24, 2.45) is 0 Å². The molecule has 3 rings (SSSR count). The van der Waals surface area contributed by atoms with Crippen molar-refractivity contribution in [1.29, 1.82) is 5.26 Å². The molecule has 0 spiro atoms. The molecule has 2 aromatic rings. The molecule has 0 bridgehead atoms. The molecule has 0 aliphatic carbocycles. The van der Waals surface area contributed by atoms with Crippen LogP contribution in [0.3, 0.4) is 0 Å². The van der Waals surface area contributed by atoms with E-state index in [9.17, 15) is 4.79 Å². The van der Waals surface area contributed by atoms with Gasteiger partial charge in [0.15, 0.2) is 5.76 Å². The van der Waals surface area contributed by atoms with E-state index < -0.39 is 0 Å². The number of nitriles is 1. The number of ether oxygens (including phenoxy) is 1. The smallest absolute Gasteiger partial charge is 0.289 e. The summed E-state index contributed by atoms with van der Waals surface area (Å²) in [5, 5.41) is 8.89. The van der Waals surface area contributed by atoms with Crippen LogP contribution in [0, 0.1) is 11.3 Å². The third kappa shape index (κ3) is 3.09. The average molecular weight is 297 g/mol. The first-order valence-electron chi connectivity index (χ1n) is 7.12. The molecular weight excluding hydrogens is 282 g/mol. The second-order valence-corrected chi connectivity index (χ2v) is 5.11. The number of rotatable bonds is 3. The summed E-state index contributed by atoms with van der Waals surface area (Å²) >= 11 is 0. The minimum Gasteiger partial charge on any atom is -0.472 e. The molecule has 0 radical (unpaired) electrons. The summed E-state index contributed by atoms with van der Waals surface area (Å²) in [5.41, 5.74) is 0.504. The van der Waals surface area contributed by atoms with E-state index in [1.165, 1.54) is 6.26 Å². The van der Waals surface area contributed by atoms with Gasteiger partial charge in [-0.25, -0.2) is 4.98 Å². The van der Waals surface area contributed by atoms with E-state index in [2.05, 4.69) is 11.1 Å². The zero-order chi connectivity index (χ0) is 15.4. The van der Waals surface area contributed by atoms with Gasteiger partial charge in [-0.15, -0.1) is 0 Å². The minimum atomic E-state index is -0.130. The van der Waals surface area contributed by atoms with E-state index in [0.29, 0.717) is 30.3 Å². The first-order valence-corrected chi connectivity index (χ1v) is 7.12. The van der Waals surface area contributed by atoms with Gasteiger partial charge in [0.1, 0.15) is 6.10 Å². The molecule has 0 N–H and O–H groups in total. The number of hydrogen-bond donors (Lipinski definition) is 0. The number of aromatic nitrogens is 1. The van der Waals surface area contributed by atoms with Crippen LogP contribution in [-0.2, 0) is 0 Å². The van der Waals surface area contributed by atoms with Crippen LogP contribution >= 0.6 is 0 Å². The molecule has 0 unspecified atom stereocenters. The highest BCUT2D eigenvalue weighted by Crippen LogP contribution is 2.19. The molecule has 1 aliphatic heterocycles. The maximum absolute atomic E-state index is 12.3. The van der Waals surface area contributed by atoms with E-state index in [1.807, 2.05) is 0 Å². The molecule has 1 atom stereocenters. The molecule has 1 aliphatic rings. The first kappa shape index (κ1) is 14.1. The van der Waals surface area contributed by atoms with Gasteiger partial charge in [-0.1, -0.05) is 0 Å². The third-order valence-corrected chi connectivity index (χ3v) is 3.55. The van der Waals surface area contributed by atoms with Crippen molar-refractivity contribution in [2.75, 3.05) is 13.1 Å². The van der Waals surface area contributed by atoms with E-state index in [4.69, 9.17) is 14.4 Å². The number of amides is 1. The largest absolute Gasteiger partial charge is 0.472 e. The molecule has 112 valence electrons. The van der Waals surface area contributed by atoms with E-state index in [-0.39, 0.29) is 12.0 Å². The maximum atomic E-state index is 12.3. The molecule has 1 saturated heterocycles. The lowest BCUT2D eigenvalue weighted by Crippen LogP contribution is -2.44. The van der Waals surface area contributed by atoms with Crippen LogP contribution in [0.5, 0.6) is 5.88 Å². The van der Waals surface area contributed by atoms with Crippen molar-refractivity contribution in [3.63, 3.8) is 0 Å². The summed E-state index contributed by atoms with van der Waals surface area (Å²) in [5.74, 6) is 0.624. The lowest BCUT2D eigenvalue weighted by molar-refractivity contribution is 0.0500. The molecule has 1 fully saturated rings. The van der Waals surface area contributed by atoms with Gasteiger partial charge in [0.05, 0.1) is 24.4 Å². The van der Waals surface area contributed by atoms with E-state index in [1.54, 1.807) is 35.4 Å². The molecule has 0 aromatic carbocycles. The van der Waals surface area contributed by atoms with Gasteiger partial charge in [0.2, 0.25) is 5.88 Å². The van der Waals surface area contributed by atoms with Crippen LogP contribution in [0.4, 0.5) is 0 Å². The van der Waals surface area contributed by atoms with Crippen molar-refractivity contribution < 1.29 is 13.9 Å². The minimum absolute atomic E-state index is 0.128. The molecule has 22 heavy (non-hydrogen) atoms. The summed E-state index contributed by atoms with van der Waals surface area (Å²) < 4.78 is 11.0. The van der Waals surface area contributed by atoms with E-state index in [0.717, 1.165) is 12.8 Å². The Labute approximate surface area is 127 Å². The SMILES string of the molecule is N#Cc1ccnc(O[C@H]2CCCN(C(=O)c3ccco3)C2)c1. The fourth-order valence-corrected chi connectivity index (χ4v) is 2.49. The van der Waals surface area contributed by atoms with Gasteiger partial charge in [0.25, 0.3) is 5.91 Å². The second-order valence-electron chi connectivity index (χ2n) is 5.11. The Morgan fingerprint density at radius 3 is 3.18 bits per heavy atom. The van der Waals surface area contributed by atoms with Crippen molar-refractivity contribution in [3.8, 4) is 11.9 Å². The number of furan rings is 1. The predicted octanol–water partition coefficient (Wildman–Crippen LogP) is 2.23. The molecule has 0 saturated carbocycles. The standard InChI is InChI=1S/C16H15N3O3/c17-10-12-5-6-18-15(9-12)22-13-3-1-7-19(11-13)16(20)14-4-2-8-21-14/h2,4-6,8-9,13H,1,3,7,11H2/t13-/m0/s1. The topological polar surface area (TPSA) is 79.4 Å². The summed E-state index contributed by atoms with van der Waals surface area (Å²) in [4.78, 5) is 18.1. The lowest BCUT2D eigenvalue weighted by atomic mass is 10.1. The van der Waals surface area contributed by atoms with Crippen molar-refractivity contribution in [3.05, 3.63) is 48.0 Å². The summed E-state index contributed by atoms with van der Waals surface area (Å²) in [7, 11) is 0. The van der Waals surface area contributed by atoms with Crippen LogP contribution in [0.2, 0.25) is 0 Å². The van der Waals surface area contributed by atoms with Crippen LogP contribution in [0.25, 0.3) is 0 Å². The first-order chi connectivity index (χ1) is 10.8. The highest BCUT2D eigenvalue weighted by atomic mass is 16.5. The molecule has 6 nitrogen and oxygen atoms in total. The number of pyridine rings is 1. The summed E-state index contributed by atoms with van der Waals surface area (Å²) in [6, 6.07) is 8.64. The van der Waals surface area contributed by atoms with E-state index >= 15 is 0 Å². The summed E-state index contributed by atoms with van der Waals surface area (Å²) in [6.45, 7) is 1.17. The van der Waals surface area contributed by atoms with Crippen LogP contribution < -0.4 is 4.74 Å². The van der Waals surface area contributed by atoms with Gasteiger partial charge in [0, 0.05) is 18.8 Å². The van der Waals surface area contributed by atoms with Crippen LogP contribution in [0.15, 0.2) is 41.1 Å². The van der Waals surface area contributed by atoms with Gasteiger partial charge in [-0.05, 0) is 31.0 Å². The fraction of sp³-hybridized carbons (Fsp3) is 0.312. The predicted molar refractivity (Wildman–Crippen MR) is 77.2 cm³/mol. The quantitative estimate of drug-likeness (QED) is 0.868. The fourth-order valence-electron chi connectivity index (χ4n) is 2.49. The van der Waals surface area contributed by atoms with Gasteiger partial charge < -0.3 is 14.1 Å². The summed E-state index contributed by atoms with van der Waals surface area (Å²) in [6.07, 6.45) is 4.61. The second kappa shape index (κ2) is 6.31. The van der Waals surface area contributed by atoms with Gasteiger partial charge in [-0.2, -0.15) is 5.26 Å².